The van der Waals surface area contributed by atoms with Crippen molar-refractivity contribution in [1.82, 2.24) is 14.9 Å². The third kappa shape index (κ3) is 3.55. The molecule has 2 heterocycles. The molecule has 2 rings (SSSR count). The first-order chi connectivity index (χ1) is 9.60. The molecule has 0 radical (unpaired) electrons. The van der Waals surface area contributed by atoms with Gasteiger partial charge in [-0.3, -0.25) is 4.79 Å². The number of amides is 1. The molecule has 2 N–H and O–H groups in total. The number of likely N-dealkylation sites (N-methyl/N-ethyl adjacent to an activating group) is 1. The number of nitrogens with one attached hydrogen (secondary N) is 2. The van der Waals surface area contributed by atoms with Crippen molar-refractivity contribution >= 4 is 17.7 Å². The maximum absolute atomic E-state index is 13.7. The van der Waals surface area contributed by atoms with Crippen LogP contribution >= 0.6 is 0 Å². The molecular formula is C13H20FN5O. The van der Waals surface area contributed by atoms with E-state index in [0.29, 0.717) is 25.3 Å². The van der Waals surface area contributed by atoms with Gasteiger partial charge in [-0.05, 0) is 12.8 Å². The number of nitrogens with zero attached hydrogens (tertiary/aromatic N) is 3. The molecule has 0 saturated carbocycles. The van der Waals surface area contributed by atoms with Crippen molar-refractivity contribution in [3.05, 3.63) is 12.0 Å². The Labute approximate surface area is 117 Å². The van der Waals surface area contributed by atoms with E-state index in [1.807, 2.05) is 6.92 Å². The normalized spacial score (nSPS) is 19.1. The van der Waals surface area contributed by atoms with Crippen LogP contribution in [0.3, 0.4) is 0 Å². The van der Waals surface area contributed by atoms with Gasteiger partial charge >= 0.3 is 0 Å². The topological polar surface area (TPSA) is 70.2 Å². The van der Waals surface area contributed by atoms with Crippen LogP contribution in [0.1, 0.15) is 26.2 Å². The summed E-state index contributed by atoms with van der Waals surface area (Å²) in [6.07, 6.45) is 3.26. The SMILES string of the molecule is CCCNc1ncc(F)c(NC2CCC(=O)N(C)C2)n1. The van der Waals surface area contributed by atoms with Gasteiger partial charge in [0.1, 0.15) is 0 Å². The van der Waals surface area contributed by atoms with Crippen LogP contribution in [0.15, 0.2) is 6.20 Å². The predicted octanol–water partition coefficient (Wildman–Crippen LogP) is 1.47. The van der Waals surface area contributed by atoms with E-state index in [1.165, 1.54) is 0 Å². The summed E-state index contributed by atoms with van der Waals surface area (Å²) >= 11 is 0. The van der Waals surface area contributed by atoms with E-state index >= 15 is 0 Å². The zero-order chi connectivity index (χ0) is 14.5. The van der Waals surface area contributed by atoms with Gasteiger partial charge in [0.15, 0.2) is 11.6 Å². The number of carbonyl (C=O) groups excluding carboxylic acids is 1. The number of aromatic nitrogens is 2. The molecule has 1 amide bonds. The first-order valence-electron chi connectivity index (χ1n) is 6.87. The smallest absolute Gasteiger partial charge is 0.224 e. The summed E-state index contributed by atoms with van der Waals surface area (Å²) in [7, 11) is 1.75. The van der Waals surface area contributed by atoms with E-state index in [0.717, 1.165) is 19.2 Å². The van der Waals surface area contributed by atoms with Crippen molar-refractivity contribution in [3.8, 4) is 0 Å². The first kappa shape index (κ1) is 14.5. The van der Waals surface area contributed by atoms with Crippen LogP contribution in [0, 0.1) is 5.82 Å². The van der Waals surface area contributed by atoms with Crippen LogP contribution in [0.5, 0.6) is 0 Å². The average Bonchev–Trinajstić information content (AvgIpc) is 2.44. The van der Waals surface area contributed by atoms with Gasteiger partial charge in [-0.1, -0.05) is 6.92 Å². The van der Waals surface area contributed by atoms with E-state index in [1.54, 1.807) is 11.9 Å². The summed E-state index contributed by atoms with van der Waals surface area (Å²) < 4.78 is 13.7. The molecule has 7 heteroatoms. The predicted molar refractivity (Wildman–Crippen MR) is 75.1 cm³/mol. The van der Waals surface area contributed by atoms with Gasteiger partial charge in [0.25, 0.3) is 0 Å². The van der Waals surface area contributed by atoms with E-state index < -0.39 is 5.82 Å². The molecule has 0 spiro atoms. The lowest BCUT2D eigenvalue weighted by molar-refractivity contribution is -0.132. The molecule has 1 unspecified atom stereocenters. The van der Waals surface area contributed by atoms with Crippen molar-refractivity contribution in [2.24, 2.45) is 0 Å². The Morgan fingerprint density at radius 3 is 3.05 bits per heavy atom. The molecule has 1 aliphatic heterocycles. The van der Waals surface area contributed by atoms with Gasteiger partial charge < -0.3 is 15.5 Å². The fraction of sp³-hybridized carbons (Fsp3) is 0.615. The molecule has 1 saturated heterocycles. The van der Waals surface area contributed by atoms with Crippen molar-refractivity contribution in [2.45, 2.75) is 32.2 Å². The standard InChI is InChI=1S/C13H20FN5O/c1-3-6-15-13-16-7-10(14)12(18-13)17-9-4-5-11(20)19(2)8-9/h7,9H,3-6,8H2,1-2H3,(H2,15,16,17,18). The second-order valence-electron chi connectivity index (χ2n) is 4.97. The summed E-state index contributed by atoms with van der Waals surface area (Å²) in [4.78, 5) is 21.1. The number of hydrogen-bond donors (Lipinski definition) is 2. The van der Waals surface area contributed by atoms with Crippen LogP contribution in [0.25, 0.3) is 0 Å². The summed E-state index contributed by atoms with van der Waals surface area (Å²) in [5, 5.41) is 6.08. The van der Waals surface area contributed by atoms with Gasteiger partial charge in [-0.25, -0.2) is 9.37 Å². The van der Waals surface area contributed by atoms with Gasteiger partial charge in [0.2, 0.25) is 11.9 Å². The Kier molecular flexibility index (Phi) is 4.70. The van der Waals surface area contributed by atoms with E-state index in [9.17, 15) is 9.18 Å². The minimum atomic E-state index is -0.480. The number of halogens is 1. The van der Waals surface area contributed by atoms with Crippen molar-refractivity contribution in [1.29, 1.82) is 0 Å². The molecule has 20 heavy (non-hydrogen) atoms. The highest BCUT2D eigenvalue weighted by Crippen LogP contribution is 2.17. The fourth-order valence-electron chi connectivity index (χ4n) is 2.11. The number of hydrogen-bond acceptors (Lipinski definition) is 5. The Hall–Kier alpha value is -1.92. The molecule has 0 aliphatic carbocycles. The van der Waals surface area contributed by atoms with Gasteiger partial charge in [-0.2, -0.15) is 4.98 Å². The molecule has 0 bridgehead atoms. The molecule has 110 valence electrons. The molecular weight excluding hydrogens is 261 g/mol. The Balaban J connectivity index is 2.02. The lowest BCUT2D eigenvalue weighted by Gasteiger charge is -2.30. The number of rotatable bonds is 5. The molecule has 1 fully saturated rings. The fourth-order valence-corrected chi connectivity index (χ4v) is 2.11. The summed E-state index contributed by atoms with van der Waals surface area (Å²) in [5.41, 5.74) is 0. The zero-order valence-electron chi connectivity index (χ0n) is 11.8. The van der Waals surface area contributed by atoms with Crippen LogP contribution in [-0.2, 0) is 4.79 Å². The maximum Gasteiger partial charge on any atom is 0.224 e. The Morgan fingerprint density at radius 2 is 2.35 bits per heavy atom. The molecule has 1 aliphatic rings. The van der Waals surface area contributed by atoms with Crippen LogP contribution in [0.2, 0.25) is 0 Å². The van der Waals surface area contributed by atoms with E-state index in [4.69, 9.17) is 0 Å². The van der Waals surface area contributed by atoms with Crippen LogP contribution in [-0.4, -0.2) is 47.0 Å². The second kappa shape index (κ2) is 6.49. The Bertz CT molecular complexity index is 482. The lowest BCUT2D eigenvalue weighted by atomic mass is 10.1. The second-order valence-corrected chi connectivity index (χ2v) is 4.97. The van der Waals surface area contributed by atoms with Crippen molar-refractivity contribution < 1.29 is 9.18 Å². The van der Waals surface area contributed by atoms with Crippen molar-refractivity contribution in [3.63, 3.8) is 0 Å². The third-order valence-electron chi connectivity index (χ3n) is 3.24. The van der Waals surface area contributed by atoms with Gasteiger partial charge in [0.05, 0.1) is 6.20 Å². The monoisotopic (exact) mass is 281 g/mol. The van der Waals surface area contributed by atoms with E-state index in [-0.39, 0.29) is 17.8 Å². The maximum atomic E-state index is 13.7. The molecule has 1 atom stereocenters. The molecule has 1 aromatic heterocycles. The first-order valence-corrected chi connectivity index (χ1v) is 6.87. The van der Waals surface area contributed by atoms with Gasteiger partial charge in [0, 0.05) is 32.6 Å². The quantitative estimate of drug-likeness (QED) is 0.855. The Morgan fingerprint density at radius 1 is 1.55 bits per heavy atom. The van der Waals surface area contributed by atoms with Crippen molar-refractivity contribution in [2.75, 3.05) is 30.8 Å². The molecule has 1 aromatic rings. The number of carbonyl (C=O) groups is 1. The summed E-state index contributed by atoms with van der Waals surface area (Å²) in [5.74, 6) is 0.241. The minimum absolute atomic E-state index is 0.0149. The third-order valence-corrected chi connectivity index (χ3v) is 3.24. The zero-order valence-corrected chi connectivity index (χ0v) is 11.8. The number of likely N-dealkylation sites (tertiary alicyclic amines) is 1. The highest BCUT2D eigenvalue weighted by atomic mass is 19.1. The molecule has 0 aromatic carbocycles. The number of anilines is 2. The van der Waals surface area contributed by atoms with Crippen LogP contribution in [0.4, 0.5) is 16.2 Å². The largest absolute Gasteiger partial charge is 0.363 e. The highest BCUT2D eigenvalue weighted by molar-refractivity contribution is 5.77. The molecule has 6 nitrogen and oxygen atoms in total. The lowest BCUT2D eigenvalue weighted by Crippen LogP contribution is -2.43. The minimum Gasteiger partial charge on any atom is -0.363 e. The van der Waals surface area contributed by atoms with Gasteiger partial charge in [-0.15, -0.1) is 0 Å². The average molecular weight is 281 g/mol. The summed E-state index contributed by atoms with van der Waals surface area (Å²) in [6, 6.07) is 0.0149. The van der Waals surface area contributed by atoms with Crippen LogP contribution < -0.4 is 10.6 Å². The highest BCUT2D eigenvalue weighted by Gasteiger charge is 2.23. The van der Waals surface area contributed by atoms with E-state index in [2.05, 4.69) is 20.6 Å². The number of piperidine rings is 1. The summed E-state index contributed by atoms with van der Waals surface area (Å²) in [6.45, 7) is 3.33.